The number of hydrogen-bond acceptors (Lipinski definition) is 4. The van der Waals surface area contributed by atoms with E-state index in [1.165, 1.54) is 10.2 Å². The molecule has 1 N–H and O–H groups in total. The minimum Gasteiger partial charge on any atom is -0.348 e. The molecule has 0 bridgehead atoms. The van der Waals surface area contributed by atoms with Gasteiger partial charge < -0.3 is 5.32 Å². The number of carbonyl (C=O) groups is 1. The van der Waals surface area contributed by atoms with Gasteiger partial charge in [0.25, 0.3) is 0 Å². The monoisotopic (exact) mass is 314 g/mol. The van der Waals surface area contributed by atoms with Gasteiger partial charge in [-0.3, -0.25) is 19.6 Å². The molecule has 23 heavy (non-hydrogen) atoms. The second-order valence-electron chi connectivity index (χ2n) is 5.79. The zero-order valence-corrected chi connectivity index (χ0v) is 13.1. The second kappa shape index (κ2) is 5.83. The smallest absolute Gasteiger partial charge is 0.312 e. The highest BCUT2D eigenvalue weighted by Crippen LogP contribution is 2.30. The first-order valence-electron chi connectivity index (χ1n) is 7.53. The van der Waals surface area contributed by atoms with Crippen molar-refractivity contribution in [3.05, 3.63) is 56.9 Å². The Kier molecular flexibility index (Phi) is 3.85. The number of nitrogens with one attached hydrogen (secondary N) is 1. The van der Waals surface area contributed by atoms with Crippen LogP contribution in [0.2, 0.25) is 0 Å². The lowest BCUT2D eigenvalue weighted by molar-refractivity contribution is -0.386. The molecule has 1 aliphatic rings. The van der Waals surface area contributed by atoms with Crippen molar-refractivity contribution in [1.82, 2.24) is 15.1 Å². The van der Waals surface area contributed by atoms with Crippen LogP contribution in [0, 0.1) is 24.0 Å². The molecular formula is C16H18N4O3. The number of rotatable bonds is 4. The van der Waals surface area contributed by atoms with Gasteiger partial charge in [0.2, 0.25) is 5.91 Å². The van der Waals surface area contributed by atoms with Gasteiger partial charge in [-0.1, -0.05) is 24.3 Å². The third-order valence-corrected chi connectivity index (χ3v) is 4.29. The highest BCUT2D eigenvalue weighted by Gasteiger charge is 2.26. The van der Waals surface area contributed by atoms with Crippen LogP contribution in [0.25, 0.3) is 0 Å². The molecule has 0 aliphatic heterocycles. The second-order valence-corrected chi connectivity index (χ2v) is 5.79. The third kappa shape index (κ3) is 2.81. The maximum Gasteiger partial charge on any atom is 0.312 e. The fourth-order valence-electron chi connectivity index (χ4n) is 3.19. The number of benzene rings is 1. The van der Waals surface area contributed by atoms with Crippen molar-refractivity contribution < 1.29 is 9.72 Å². The van der Waals surface area contributed by atoms with Gasteiger partial charge in [0.05, 0.1) is 11.0 Å². The van der Waals surface area contributed by atoms with Crippen molar-refractivity contribution in [3.8, 4) is 0 Å². The summed E-state index contributed by atoms with van der Waals surface area (Å²) >= 11 is 0. The fraction of sp³-hybridized carbons (Fsp3) is 0.375. The first kappa shape index (κ1) is 15.2. The maximum absolute atomic E-state index is 12.3. The quantitative estimate of drug-likeness (QED) is 0.692. The molecule has 1 unspecified atom stereocenters. The third-order valence-electron chi connectivity index (χ3n) is 4.29. The van der Waals surface area contributed by atoms with Crippen molar-refractivity contribution >= 4 is 11.6 Å². The Hall–Kier alpha value is -2.70. The molecule has 3 rings (SSSR count). The number of aromatic nitrogens is 2. The number of aryl methyl sites for hydroxylation is 2. The number of carbonyl (C=O) groups excluding carboxylic acids is 1. The first-order valence-corrected chi connectivity index (χ1v) is 7.53. The Balaban J connectivity index is 1.72. The van der Waals surface area contributed by atoms with E-state index in [9.17, 15) is 14.9 Å². The summed E-state index contributed by atoms with van der Waals surface area (Å²) in [5.74, 6) is -0.188. The average molecular weight is 314 g/mol. The Morgan fingerprint density at radius 1 is 1.43 bits per heavy atom. The predicted molar refractivity (Wildman–Crippen MR) is 84.0 cm³/mol. The number of nitro groups is 1. The van der Waals surface area contributed by atoms with Gasteiger partial charge in [0.1, 0.15) is 17.9 Å². The van der Waals surface area contributed by atoms with Crippen LogP contribution in [-0.2, 0) is 17.8 Å². The summed E-state index contributed by atoms with van der Waals surface area (Å²) in [6.07, 6.45) is 1.83. The van der Waals surface area contributed by atoms with Crippen molar-refractivity contribution in [2.45, 2.75) is 39.3 Å². The molecule has 1 aromatic carbocycles. The van der Waals surface area contributed by atoms with E-state index in [0.29, 0.717) is 11.4 Å². The standard InChI is InChI=1S/C16H18N4O3/c1-10-16(20(22)23)11(2)19(18-10)9-15(21)17-14-8-7-12-5-3-4-6-13(12)14/h3-6,14H,7-9H2,1-2H3,(H,17,21). The molecule has 0 radical (unpaired) electrons. The lowest BCUT2D eigenvalue weighted by Gasteiger charge is -2.14. The topological polar surface area (TPSA) is 90.1 Å². The van der Waals surface area contributed by atoms with Gasteiger partial charge in [-0.2, -0.15) is 5.10 Å². The SMILES string of the molecule is Cc1nn(CC(=O)NC2CCc3ccccc32)c(C)c1[N+](=O)[O-]. The summed E-state index contributed by atoms with van der Waals surface area (Å²) in [7, 11) is 0. The lowest BCUT2D eigenvalue weighted by atomic mass is 10.1. The van der Waals surface area contributed by atoms with Crippen LogP contribution in [0.15, 0.2) is 24.3 Å². The summed E-state index contributed by atoms with van der Waals surface area (Å²) < 4.78 is 1.39. The van der Waals surface area contributed by atoms with Crippen LogP contribution < -0.4 is 5.32 Å². The van der Waals surface area contributed by atoms with E-state index in [1.54, 1.807) is 13.8 Å². The summed E-state index contributed by atoms with van der Waals surface area (Å²) in [5, 5.41) is 18.1. The maximum atomic E-state index is 12.3. The van der Waals surface area contributed by atoms with Crippen LogP contribution in [0.1, 0.15) is 35.0 Å². The van der Waals surface area contributed by atoms with Gasteiger partial charge >= 0.3 is 5.69 Å². The van der Waals surface area contributed by atoms with E-state index in [0.717, 1.165) is 18.4 Å². The van der Waals surface area contributed by atoms with Crippen molar-refractivity contribution in [3.63, 3.8) is 0 Å². The van der Waals surface area contributed by atoms with E-state index in [-0.39, 0.29) is 24.2 Å². The summed E-state index contributed by atoms with van der Waals surface area (Å²) in [6, 6.07) is 8.07. The fourth-order valence-corrected chi connectivity index (χ4v) is 3.19. The largest absolute Gasteiger partial charge is 0.348 e. The van der Waals surface area contributed by atoms with Crippen LogP contribution in [0.3, 0.4) is 0 Å². The molecule has 0 spiro atoms. The molecule has 1 heterocycles. The molecule has 0 saturated carbocycles. The lowest BCUT2D eigenvalue weighted by Crippen LogP contribution is -2.31. The van der Waals surface area contributed by atoms with E-state index >= 15 is 0 Å². The highest BCUT2D eigenvalue weighted by atomic mass is 16.6. The van der Waals surface area contributed by atoms with Gasteiger partial charge in [0, 0.05) is 0 Å². The average Bonchev–Trinajstić information content (AvgIpc) is 3.01. The molecular weight excluding hydrogens is 296 g/mol. The van der Waals surface area contributed by atoms with Gasteiger partial charge in [-0.25, -0.2) is 0 Å². The molecule has 1 atom stereocenters. The van der Waals surface area contributed by atoms with Crippen LogP contribution in [0.4, 0.5) is 5.69 Å². The predicted octanol–water partition coefficient (Wildman–Crippen LogP) is 2.21. The van der Waals surface area contributed by atoms with Gasteiger partial charge in [-0.05, 0) is 37.8 Å². The van der Waals surface area contributed by atoms with Gasteiger partial charge in [-0.15, -0.1) is 0 Å². The number of amides is 1. The Morgan fingerprint density at radius 3 is 2.87 bits per heavy atom. The van der Waals surface area contributed by atoms with E-state index < -0.39 is 4.92 Å². The normalized spacial score (nSPS) is 16.2. The van der Waals surface area contributed by atoms with E-state index in [1.807, 2.05) is 18.2 Å². The molecule has 1 aliphatic carbocycles. The zero-order valence-electron chi connectivity index (χ0n) is 13.1. The van der Waals surface area contributed by atoms with Crippen LogP contribution in [-0.4, -0.2) is 20.6 Å². The number of nitrogens with zero attached hydrogens (tertiary/aromatic N) is 3. The van der Waals surface area contributed by atoms with Crippen molar-refractivity contribution in [2.75, 3.05) is 0 Å². The molecule has 7 nitrogen and oxygen atoms in total. The summed E-state index contributed by atoms with van der Waals surface area (Å²) in [4.78, 5) is 22.8. The summed E-state index contributed by atoms with van der Waals surface area (Å²) in [6.45, 7) is 3.17. The summed E-state index contributed by atoms with van der Waals surface area (Å²) in [5.41, 5.74) is 3.12. The van der Waals surface area contributed by atoms with Crippen LogP contribution >= 0.6 is 0 Å². The molecule has 120 valence electrons. The van der Waals surface area contributed by atoms with Crippen molar-refractivity contribution in [1.29, 1.82) is 0 Å². The van der Waals surface area contributed by atoms with E-state index in [4.69, 9.17) is 0 Å². The highest BCUT2D eigenvalue weighted by molar-refractivity contribution is 5.76. The number of hydrogen-bond donors (Lipinski definition) is 1. The van der Waals surface area contributed by atoms with E-state index in [2.05, 4.69) is 16.5 Å². The zero-order chi connectivity index (χ0) is 16.6. The number of fused-ring (bicyclic) bond motifs is 1. The van der Waals surface area contributed by atoms with Gasteiger partial charge in [0.15, 0.2) is 0 Å². The minimum atomic E-state index is -0.459. The Labute approximate surface area is 133 Å². The molecule has 2 aromatic rings. The first-order chi connectivity index (χ1) is 11.0. The molecule has 0 fully saturated rings. The van der Waals surface area contributed by atoms with Crippen LogP contribution in [0.5, 0.6) is 0 Å². The molecule has 1 aromatic heterocycles. The van der Waals surface area contributed by atoms with Crippen molar-refractivity contribution in [2.24, 2.45) is 0 Å². The molecule has 7 heteroatoms. The molecule has 0 saturated heterocycles. The minimum absolute atomic E-state index is 0.00523. The Bertz CT molecular complexity index is 782. The Morgan fingerprint density at radius 2 is 2.17 bits per heavy atom. The molecule has 1 amide bonds.